The number of aliphatic hydroxyl groups is 1. The maximum absolute atomic E-state index is 10.5. The van der Waals surface area contributed by atoms with Crippen molar-refractivity contribution in [3.63, 3.8) is 0 Å². The summed E-state index contributed by atoms with van der Waals surface area (Å²) in [6.07, 6.45) is -0.861. The number of aryl methyl sites for hydroxylation is 1. The Balaban J connectivity index is 2.06. The van der Waals surface area contributed by atoms with Crippen molar-refractivity contribution in [2.75, 3.05) is 6.79 Å². The number of aromatic nitrogens is 3. The van der Waals surface area contributed by atoms with Crippen LogP contribution in [0.5, 0.6) is 11.5 Å². The molecule has 0 saturated carbocycles. The molecule has 19 heavy (non-hydrogen) atoms. The average Bonchev–Trinajstić information content (AvgIpc) is 2.96. The van der Waals surface area contributed by atoms with Crippen molar-refractivity contribution in [3.05, 3.63) is 32.5 Å². The molecule has 0 radical (unpaired) electrons. The van der Waals surface area contributed by atoms with Gasteiger partial charge in [-0.2, -0.15) is 0 Å². The molecule has 3 rings (SSSR count). The van der Waals surface area contributed by atoms with Gasteiger partial charge in [0.1, 0.15) is 11.8 Å². The van der Waals surface area contributed by atoms with Gasteiger partial charge in [-0.1, -0.05) is 5.21 Å². The quantitative estimate of drug-likeness (QED) is 0.850. The molecule has 0 amide bonds. The second-order valence-electron chi connectivity index (χ2n) is 4.03. The van der Waals surface area contributed by atoms with E-state index in [1.54, 1.807) is 19.2 Å². The predicted octanol–water partition coefficient (Wildman–Crippen LogP) is 2.15. The number of hydrogen-bond donors (Lipinski definition) is 1. The van der Waals surface area contributed by atoms with Crippen LogP contribution in [0, 0.1) is 0 Å². The van der Waals surface area contributed by atoms with Crippen LogP contribution >= 0.6 is 31.9 Å². The Morgan fingerprint density at radius 1 is 1.37 bits per heavy atom. The Kier molecular flexibility index (Phi) is 3.23. The minimum atomic E-state index is -0.861. The van der Waals surface area contributed by atoms with E-state index in [4.69, 9.17) is 9.47 Å². The van der Waals surface area contributed by atoms with Crippen LogP contribution in [-0.4, -0.2) is 26.9 Å². The Morgan fingerprint density at radius 2 is 2.16 bits per heavy atom. The highest BCUT2D eigenvalue weighted by atomic mass is 79.9. The van der Waals surface area contributed by atoms with Crippen molar-refractivity contribution in [2.24, 2.45) is 7.05 Å². The summed E-state index contributed by atoms with van der Waals surface area (Å²) >= 11 is 6.67. The van der Waals surface area contributed by atoms with Crippen LogP contribution in [0.25, 0.3) is 0 Å². The third kappa shape index (κ3) is 2.13. The predicted molar refractivity (Wildman–Crippen MR) is 73.0 cm³/mol. The highest BCUT2D eigenvalue weighted by Crippen LogP contribution is 2.42. The van der Waals surface area contributed by atoms with Crippen LogP contribution in [-0.2, 0) is 7.05 Å². The lowest BCUT2D eigenvalue weighted by Gasteiger charge is -2.12. The summed E-state index contributed by atoms with van der Waals surface area (Å²) in [5.41, 5.74) is 1.24. The van der Waals surface area contributed by atoms with Crippen LogP contribution in [0.4, 0.5) is 0 Å². The van der Waals surface area contributed by atoms with Crippen molar-refractivity contribution in [1.29, 1.82) is 0 Å². The van der Waals surface area contributed by atoms with E-state index in [0.717, 1.165) is 4.47 Å². The minimum Gasteiger partial charge on any atom is -0.454 e. The van der Waals surface area contributed by atoms with Crippen LogP contribution in [0.3, 0.4) is 0 Å². The lowest BCUT2D eigenvalue weighted by atomic mass is 10.1. The first-order valence-corrected chi connectivity index (χ1v) is 6.98. The van der Waals surface area contributed by atoms with Gasteiger partial charge in [0.15, 0.2) is 16.1 Å². The lowest BCUT2D eigenvalue weighted by molar-refractivity contribution is 0.173. The fraction of sp³-hybridized carbons (Fsp3) is 0.273. The zero-order chi connectivity index (χ0) is 13.6. The molecule has 0 saturated heterocycles. The fourth-order valence-corrected chi connectivity index (χ4v) is 3.05. The molecule has 8 heteroatoms. The Hall–Kier alpha value is -1.12. The average molecular weight is 391 g/mol. The summed E-state index contributed by atoms with van der Waals surface area (Å²) in [4.78, 5) is 0. The molecule has 6 nitrogen and oxygen atoms in total. The molecule has 1 N–H and O–H groups in total. The highest BCUT2D eigenvalue weighted by Gasteiger charge is 2.24. The number of ether oxygens (including phenoxy) is 2. The van der Waals surface area contributed by atoms with Gasteiger partial charge in [0.2, 0.25) is 6.79 Å². The summed E-state index contributed by atoms with van der Waals surface area (Å²) in [6.45, 7) is 0.185. The fourth-order valence-electron chi connectivity index (χ4n) is 1.93. The van der Waals surface area contributed by atoms with Gasteiger partial charge in [-0.15, -0.1) is 5.10 Å². The van der Waals surface area contributed by atoms with Crippen molar-refractivity contribution < 1.29 is 14.6 Å². The highest BCUT2D eigenvalue weighted by molar-refractivity contribution is 9.10. The Bertz CT molecular complexity index is 625. The zero-order valence-electron chi connectivity index (χ0n) is 9.80. The van der Waals surface area contributed by atoms with Crippen molar-refractivity contribution in [1.82, 2.24) is 15.0 Å². The molecule has 0 fully saturated rings. The van der Waals surface area contributed by atoms with Gasteiger partial charge in [0.05, 0.1) is 4.47 Å². The van der Waals surface area contributed by atoms with Gasteiger partial charge in [-0.3, -0.25) is 0 Å². The maximum Gasteiger partial charge on any atom is 0.231 e. The largest absolute Gasteiger partial charge is 0.454 e. The van der Waals surface area contributed by atoms with E-state index in [-0.39, 0.29) is 6.79 Å². The molecular formula is C11H9Br2N3O3. The van der Waals surface area contributed by atoms with Gasteiger partial charge in [-0.05, 0) is 49.6 Å². The van der Waals surface area contributed by atoms with Crippen LogP contribution in [0.1, 0.15) is 17.4 Å². The number of rotatable bonds is 2. The van der Waals surface area contributed by atoms with E-state index in [9.17, 15) is 5.11 Å². The monoisotopic (exact) mass is 389 g/mol. The Labute approximate surface area is 125 Å². The minimum absolute atomic E-state index is 0.185. The van der Waals surface area contributed by atoms with E-state index in [0.29, 0.717) is 27.4 Å². The molecule has 0 spiro atoms. The summed E-state index contributed by atoms with van der Waals surface area (Å²) in [5.74, 6) is 1.26. The number of halogens is 2. The number of nitrogens with zero attached hydrogens (tertiary/aromatic N) is 3. The van der Waals surface area contributed by atoms with E-state index in [2.05, 4.69) is 42.2 Å². The van der Waals surface area contributed by atoms with Gasteiger partial charge in [0.25, 0.3) is 0 Å². The van der Waals surface area contributed by atoms with Crippen molar-refractivity contribution >= 4 is 31.9 Å². The summed E-state index contributed by atoms with van der Waals surface area (Å²) < 4.78 is 13.4. The first-order valence-electron chi connectivity index (χ1n) is 5.40. The third-order valence-electron chi connectivity index (χ3n) is 2.85. The second-order valence-corrected chi connectivity index (χ2v) is 5.63. The molecule has 1 aliphatic heterocycles. The molecule has 1 aromatic heterocycles. The number of hydrogen-bond acceptors (Lipinski definition) is 5. The molecule has 2 heterocycles. The molecule has 1 aliphatic rings. The normalized spacial score (nSPS) is 14.7. The second kappa shape index (κ2) is 4.77. The van der Waals surface area contributed by atoms with E-state index >= 15 is 0 Å². The number of benzene rings is 1. The van der Waals surface area contributed by atoms with Crippen LogP contribution in [0.15, 0.2) is 21.2 Å². The molecule has 100 valence electrons. The number of aliphatic hydroxyl groups excluding tert-OH is 1. The zero-order valence-corrected chi connectivity index (χ0v) is 13.0. The maximum atomic E-state index is 10.5. The molecule has 1 unspecified atom stereocenters. The molecule has 1 aromatic carbocycles. The molecule has 0 bridgehead atoms. The molecular weight excluding hydrogens is 382 g/mol. The van der Waals surface area contributed by atoms with E-state index < -0.39 is 6.10 Å². The lowest BCUT2D eigenvalue weighted by Crippen LogP contribution is -2.07. The van der Waals surface area contributed by atoms with Gasteiger partial charge in [0, 0.05) is 7.05 Å². The van der Waals surface area contributed by atoms with Crippen LogP contribution in [0.2, 0.25) is 0 Å². The summed E-state index contributed by atoms with van der Waals surface area (Å²) in [7, 11) is 1.72. The van der Waals surface area contributed by atoms with E-state index in [1.165, 1.54) is 4.68 Å². The molecule has 1 atom stereocenters. The number of fused-ring (bicyclic) bond motifs is 1. The molecule has 0 aliphatic carbocycles. The van der Waals surface area contributed by atoms with Gasteiger partial charge >= 0.3 is 0 Å². The van der Waals surface area contributed by atoms with Crippen molar-refractivity contribution in [2.45, 2.75) is 6.10 Å². The standard InChI is InChI=1S/C11H9Br2N3O3/c1-16-8(11(13)14-15-16)9(17)5-2-6(12)10-7(3-5)18-4-19-10/h2-3,9,17H,4H2,1H3. The summed E-state index contributed by atoms with van der Waals surface area (Å²) in [5, 5.41) is 18.2. The van der Waals surface area contributed by atoms with Gasteiger partial charge in [-0.25, -0.2) is 4.68 Å². The van der Waals surface area contributed by atoms with Crippen molar-refractivity contribution in [3.8, 4) is 11.5 Å². The van der Waals surface area contributed by atoms with Crippen LogP contribution < -0.4 is 9.47 Å². The molecule has 2 aromatic rings. The first-order chi connectivity index (χ1) is 9.08. The first kappa shape index (κ1) is 12.9. The Morgan fingerprint density at radius 3 is 2.84 bits per heavy atom. The summed E-state index contributed by atoms with van der Waals surface area (Å²) in [6, 6.07) is 3.54. The third-order valence-corrected chi connectivity index (χ3v) is 4.00. The smallest absolute Gasteiger partial charge is 0.231 e. The topological polar surface area (TPSA) is 69.4 Å². The van der Waals surface area contributed by atoms with Gasteiger partial charge < -0.3 is 14.6 Å². The SMILES string of the molecule is Cn1nnc(Br)c1C(O)c1cc(Br)c2c(c1)OCO2. The van der Waals surface area contributed by atoms with E-state index in [1.807, 2.05) is 0 Å².